The number of nitrogens with two attached hydrogens (primary N) is 1. The van der Waals surface area contributed by atoms with Crippen molar-refractivity contribution in [1.82, 2.24) is 15.2 Å². The van der Waals surface area contributed by atoms with E-state index < -0.39 is 29.8 Å². The third kappa shape index (κ3) is 11.3. The summed E-state index contributed by atoms with van der Waals surface area (Å²) in [7, 11) is 0. The Morgan fingerprint density at radius 2 is 1.95 bits per heavy atom. The highest BCUT2D eigenvalue weighted by Crippen LogP contribution is 2.29. The molecule has 1 aliphatic carbocycles. The Kier molecular flexibility index (Phi) is 12.8. The Balaban J connectivity index is 1.83. The number of carbonyl (C=O) groups is 2. The summed E-state index contributed by atoms with van der Waals surface area (Å²) < 4.78 is 5.45. The van der Waals surface area contributed by atoms with E-state index in [0.717, 1.165) is 25.7 Å². The van der Waals surface area contributed by atoms with Crippen LogP contribution in [-0.2, 0) is 22.6 Å². The minimum absolute atomic E-state index is 0.0505. The van der Waals surface area contributed by atoms with Crippen molar-refractivity contribution >= 4 is 28.3 Å². The van der Waals surface area contributed by atoms with Crippen LogP contribution in [0.4, 0.5) is 5.13 Å². The first kappa shape index (κ1) is 34.0. The molecule has 236 valence electrons. The molecule has 0 radical (unpaired) electrons. The highest BCUT2D eigenvalue weighted by Gasteiger charge is 2.34. The number of nitrogens with zero attached hydrogens (tertiary/aromatic N) is 2. The number of nitrogens with one attached hydrogen (secondary N) is 1. The SMILES string of the molecule is CC(C)C[C@H](O)[C@H](O)[C@H](CC1CCCCC1)NC(=O)[C@@H](CC(=O)N(Cc1ccco1)CC(C)(C)O)Cc1csc(N)n1. The average molecular weight is 607 g/mol. The lowest BCUT2D eigenvalue weighted by Crippen LogP contribution is -2.52. The Bertz CT molecular complexity index is 1090. The van der Waals surface area contributed by atoms with Crippen molar-refractivity contribution in [2.24, 2.45) is 17.8 Å². The van der Waals surface area contributed by atoms with Gasteiger partial charge in [0.05, 0.1) is 42.2 Å². The van der Waals surface area contributed by atoms with Crippen LogP contribution in [0.1, 0.15) is 90.5 Å². The van der Waals surface area contributed by atoms with Crippen molar-refractivity contribution in [3.05, 3.63) is 35.2 Å². The molecule has 2 aromatic heterocycles. The third-order valence-electron chi connectivity index (χ3n) is 7.83. The van der Waals surface area contributed by atoms with Gasteiger partial charge in [-0.2, -0.15) is 0 Å². The zero-order chi connectivity index (χ0) is 30.9. The maximum absolute atomic E-state index is 13.9. The monoisotopic (exact) mass is 606 g/mol. The number of thiazole rings is 1. The van der Waals surface area contributed by atoms with Gasteiger partial charge in [0, 0.05) is 24.8 Å². The summed E-state index contributed by atoms with van der Waals surface area (Å²) in [4.78, 5) is 33.4. The molecule has 0 bridgehead atoms. The summed E-state index contributed by atoms with van der Waals surface area (Å²) in [6, 6.07) is 2.84. The molecule has 3 rings (SSSR count). The first-order valence-electron chi connectivity index (χ1n) is 15.2. The summed E-state index contributed by atoms with van der Waals surface area (Å²) >= 11 is 1.27. The van der Waals surface area contributed by atoms with Crippen molar-refractivity contribution in [3.8, 4) is 0 Å². The Hall–Kier alpha value is -2.47. The topological polar surface area (TPSA) is 162 Å². The second-order valence-electron chi connectivity index (χ2n) is 13.0. The van der Waals surface area contributed by atoms with Crippen LogP contribution in [0.25, 0.3) is 0 Å². The number of hydrogen-bond acceptors (Lipinski definition) is 9. The fraction of sp³-hybridized carbons (Fsp3) is 0.710. The van der Waals surface area contributed by atoms with Gasteiger partial charge in [-0.05, 0) is 50.7 Å². The zero-order valence-corrected chi connectivity index (χ0v) is 26.3. The van der Waals surface area contributed by atoms with Gasteiger partial charge in [0.1, 0.15) is 11.9 Å². The van der Waals surface area contributed by atoms with Gasteiger partial charge in [-0.3, -0.25) is 9.59 Å². The molecule has 1 fully saturated rings. The molecule has 10 nitrogen and oxygen atoms in total. The Morgan fingerprint density at radius 1 is 1.24 bits per heavy atom. The maximum atomic E-state index is 13.9. The fourth-order valence-electron chi connectivity index (χ4n) is 5.81. The summed E-state index contributed by atoms with van der Waals surface area (Å²) in [6.07, 6.45) is 5.91. The number of furan rings is 1. The van der Waals surface area contributed by atoms with Crippen molar-refractivity contribution < 1.29 is 29.3 Å². The highest BCUT2D eigenvalue weighted by molar-refractivity contribution is 7.13. The van der Waals surface area contributed by atoms with E-state index in [9.17, 15) is 24.9 Å². The van der Waals surface area contributed by atoms with Crippen molar-refractivity contribution in [3.63, 3.8) is 0 Å². The van der Waals surface area contributed by atoms with Gasteiger partial charge in [-0.25, -0.2) is 4.98 Å². The maximum Gasteiger partial charge on any atom is 0.224 e. The second kappa shape index (κ2) is 15.8. The van der Waals surface area contributed by atoms with Gasteiger partial charge < -0.3 is 35.7 Å². The minimum atomic E-state index is -1.16. The van der Waals surface area contributed by atoms with Crippen LogP contribution in [-0.4, -0.2) is 67.4 Å². The van der Waals surface area contributed by atoms with E-state index in [0.29, 0.717) is 35.3 Å². The third-order valence-corrected chi connectivity index (χ3v) is 8.56. The van der Waals surface area contributed by atoms with Crippen LogP contribution >= 0.6 is 11.3 Å². The van der Waals surface area contributed by atoms with Crippen molar-refractivity contribution in [2.75, 3.05) is 12.3 Å². The number of rotatable bonds is 16. The van der Waals surface area contributed by atoms with E-state index in [1.165, 1.54) is 28.9 Å². The zero-order valence-electron chi connectivity index (χ0n) is 25.5. The van der Waals surface area contributed by atoms with E-state index in [1.807, 2.05) is 13.8 Å². The summed E-state index contributed by atoms with van der Waals surface area (Å²) in [6.45, 7) is 7.41. The largest absolute Gasteiger partial charge is 0.467 e. The number of amides is 2. The van der Waals surface area contributed by atoms with Crippen LogP contribution in [0, 0.1) is 17.8 Å². The number of aliphatic hydroxyl groups excluding tert-OH is 2. The molecule has 0 spiro atoms. The quantitative estimate of drug-likeness (QED) is 0.192. The predicted octanol–water partition coefficient (Wildman–Crippen LogP) is 3.89. The van der Waals surface area contributed by atoms with E-state index in [2.05, 4.69) is 10.3 Å². The number of nitrogen functional groups attached to an aromatic ring is 1. The van der Waals surface area contributed by atoms with Gasteiger partial charge in [-0.1, -0.05) is 46.0 Å². The molecule has 42 heavy (non-hydrogen) atoms. The predicted molar refractivity (Wildman–Crippen MR) is 163 cm³/mol. The summed E-state index contributed by atoms with van der Waals surface area (Å²) in [5.41, 5.74) is 5.30. The molecule has 6 N–H and O–H groups in total. The molecule has 0 aliphatic heterocycles. The van der Waals surface area contributed by atoms with Crippen LogP contribution in [0.5, 0.6) is 0 Å². The van der Waals surface area contributed by atoms with E-state index in [1.54, 1.807) is 31.4 Å². The second-order valence-corrected chi connectivity index (χ2v) is 13.9. The standard InChI is InChI=1S/C31H50N4O6S/c1-20(2)13-26(36)28(38)25(14-21-9-6-5-7-10-21)34-29(39)22(15-23-18-42-30(32)33-23)16-27(37)35(19-31(3,4)40)17-24-11-8-12-41-24/h8,11-12,18,20-22,25-26,28,36,38,40H,5-7,9-10,13-17,19H2,1-4H3,(H2,32,33)(H,34,39)/t22-,25+,26+,28-/m1/s1. The number of anilines is 1. The number of hydrogen-bond donors (Lipinski definition) is 5. The van der Waals surface area contributed by atoms with Gasteiger partial charge in [0.15, 0.2) is 5.13 Å². The normalized spacial score (nSPS) is 17.5. The van der Waals surface area contributed by atoms with Gasteiger partial charge in [0.25, 0.3) is 0 Å². The van der Waals surface area contributed by atoms with E-state index in [4.69, 9.17) is 10.2 Å². The van der Waals surface area contributed by atoms with Crippen LogP contribution in [0.3, 0.4) is 0 Å². The molecule has 2 aromatic rings. The number of carbonyl (C=O) groups excluding carboxylic acids is 2. The molecular weight excluding hydrogens is 556 g/mol. The lowest BCUT2D eigenvalue weighted by atomic mass is 9.82. The average Bonchev–Trinajstić information content (AvgIpc) is 3.57. The molecule has 1 aliphatic rings. The molecule has 4 atom stereocenters. The molecule has 0 unspecified atom stereocenters. The summed E-state index contributed by atoms with van der Waals surface area (Å²) in [5.74, 6) is -0.413. The number of aliphatic hydroxyl groups is 3. The molecular formula is C31H50N4O6S. The fourth-order valence-corrected chi connectivity index (χ4v) is 6.39. The lowest BCUT2D eigenvalue weighted by Gasteiger charge is -2.34. The molecule has 0 aromatic carbocycles. The summed E-state index contributed by atoms with van der Waals surface area (Å²) in [5, 5.41) is 37.7. The molecule has 1 saturated carbocycles. The lowest BCUT2D eigenvalue weighted by molar-refractivity contribution is -0.140. The smallest absolute Gasteiger partial charge is 0.224 e. The number of aromatic nitrogens is 1. The van der Waals surface area contributed by atoms with Crippen LogP contribution < -0.4 is 11.1 Å². The van der Waals surface area contributed by atoms with Crippen molar-refractivity contribution in [1.29, 1.82) is 0 Å². The molecule has 2 heterocycles. The highest BCUT2D eigenvalue weighted by atomic mass is 32.1. The van der Waals surface area contributed by atoms with Gasteiger partial charge >= 0.3 is 0 Å². The molecule has 11 heteroatoms. The van der Waals surface area contributed by atoms with Crippen LogP contribution in [0.2, 0.25) is 0 Å². The first-order chi connectivity index (χ1) is 19.8. The molecule has 2 amide bonds. The Labute approximate surface area is 253 Å². The van der Waals surface area contributed by atoms with E-state index in [-0.39, 0.29) is 43.7 Å². The van der Waals surface area contributed by atoms with Gasteiger partial charge in [0.2, 0.25) is 11.8 Å². The van der Waals surface area contributed by atoms with Crippen molar-refractivity contribution in [2.45, 2.75) is 116 Å². The van der Waals surface area contributed by atoms with E-state index >= 15 is 0 Å². The Morgan fingerprint density at radius 3 is 2.52 bits per heavy atom. The molecule has 0 saturated heterocycles. The minimum Gasteiger partial charge on any atom is -0.467 e. The van der Waals surface area contributed by atoms with Crippen LogP contribution in [0.15, 0.2) is 28.2 Å². The first-order valence-corrected chi connectivity index (χ1v) is 16.1. The van der Waals surface area contributed by atoms with Gasteiger partial charge in [-0.15, -0.1) is 11.3 Å².